The van der Waals surface area contributed by atoms with Crippen LogP contribution in [0.2, 0.25) is 0 Å². The van der Waals surface area contributed by atoms with Gasteiger partial charge in [0.15, 0.2) is 17.3 Å². The van der Waals surface area contributed by atoms with Crippen LogP contribution in [0.3, 0.4) is 0 Å². The molecule has 2 aromatic carbocycles. The predicted octanol–water partition coefficient (Wildman–Crippen LogP) is 2.84. The first-order chi connectivity index (χ1) is 16.8. The summed E-state index contributed by atoms with van der Waals surface area (Å²) < 4.78 is 45.1. The molecule has 2 aromatic heterocycles. The van der Waals surface area contributed by atoms with Gasteiger partial charge in [0.25, 0.3) is 0 Å². The van der Waals surface area contributed by atoms with Crippen molar-refractivity contribution in [2.75, 3.05) is 35.4 Å². The Balaban J connectivity index is 1.66. The molecule has 35 heavy (non-hydrogen) atoms. The van der Waals surface area contributed by atoms with E-state index in [1.54, 1.807) is 17.7 Å². The molecular weight excluding hydrogens is 490 g/mol. The summed E-state index contributed by atoms with van der Waals surface area (Å²) in [6.45, 7) is 0. The highest BCUT2D eigenvalue weighted by atomic mass is 32.2. The monoisotopic (exact) mass is 517 g/mol. The van der Waals surface area contributed by atoms with E-state index in [-0.39, 0.29) is 11.3 Å². The molecule has 0 saturated heterocycles. The van der Waals surface area contributed by atoms with Gasteiger partial charge in [0.2, 0.25) is 15.0 Å². The second-order valence-electron chi connectivity index (χ2n) is 7.90. The van der Waals surface area contributed by atoms with E-state index in [2.05, 4.69) is 10.2 Å². The molecule has 0 aliphatic carbocycles. The lowest BCUT2D eigenvalue weighted by Crippen LogP contribution is -2.23. The maximum absolute atomic E-state index is 13.1. The van der Waals surface area contributed by atoms with Crippen LogP contribution in [0.1, 0.15) is 22.0 Å². The molecule has 4 rings (SSSR count). The first-order valence-electron chi connectivity index (χ1n) is 10.8. The molecule has 4 aromatic rings. The fourth-order valence-corrected chi connectivity index (χ4v) is 5.67. The third-order valence-corrected chi connectivity index (χ3v) is 8.43. The van der Waals surface area contributed by atoms with Gasteiger partial charge in [-0.2, -0.15) is 9.61 Å². The lowest BCUT2D eigenvalue weighted by Gasteiger charge is -2.17. The molecule has 186 valence electrons. The number of nitrogens with zero attached hydrogens (tertiary/aromatic N) is 5. The minimum atomic E-state index is -3.75. The van der Waals surface area contributed by atoms with E-state index >= 15 is 0 Å². The molecule has 2 heterocycles. The zero-order chi connectivity index (χ0) is 25.2. The first-order valence-corrected chi connectivity index (χ1v) is 13.0. The molecule has 0 spiro atoms. The van der Waals surface area contributed by atoms with E-state index in [1.807, 2.05) is 24.3 Å². The number of para-hydroxylation sites is 1. The van der Waals surface area contributed by atoms with Crippen molar-refractivity contribution in [2.24, 2.45) is 0 Å². The highest BCUT2D eigenvalue weighted by Crippen LogP contribution is 2.34. The number of aromatic nitrogens is 4. The maximum Gasteiger partial charge on any atom is 0.242 e. The smallest absolute Gasteiger partial charge is 0.242 e. The number of aryl methyl sites for hydroxylation is 2. The first kappa shape index (κ1) is 24.9. The second kappa shape index (κ2) is 10.2. The quantitative estimate of drug-likeness (QED) is 0.316. The minimum absolute atomic E-state index is 0.114. The van der Waals surface area contributed by atoms with E-state index in [0.717, 1.165) is 27.0 Å². The number of benzene rings is 2. The van der Waals surface area contributed by atoms with E-state index in [9.17, 15) is 8.42 Å². The van der Waals surface area contributed by atoms with Crippen LogP contribution in [0.5, 0.6) is 17.2 Å². The molecule has 0 aliphatic rings. The summed E-state index contributed by atoms with van der Waals surface area (Å²) >= 11 is 1.46. The van der Waals surface area contributed by atoms with Crippen molar-refractivity contribution >= 4 is 26.3 Å². The van der Waals surface area contributed by atoms with Crippen LogP contribution in [0, 0.1) is 0 Å². The third-order valence-electron chi connectivity index (χ3n) is 5.57. The number of fused-ring (bicyclic) bond motifs is 1. The van der Waals surface area contributed by atoms with Crippen molar-refractivity contribution < 1.29 is 22.6 Å². The molecule has 0 aliphatic heterocycles. The van der Waals surface area contributed by atoms with Gasteiger partial charge in [0, 0.05) is 33.0 Å². The Kier molecular flexibility index (Phi) is 7.24. The molecule has 12 heteroatoms. The Morgan fingerprint density at radius 2 is 1.60 bits per heavy atom. The zero-order valence-corrected chi connectivity index (χ0v) is 21.8. The minimum Gasteiger partial charge on any atom is -0.496 e. The Hall–Kier alpha value is -3.22. The molecule has 0 fully saturated rings. The van der Waals surface area contributed by atoms with E-state index < -0.39 is 10.0 Å². The normalized spacial score (nSPS) is 11.8. The fourth-order valence-electron chi connectivity index (χ4n) is 3.71. The van der Waals surface area contributed by atoms with Crippen LogP contribution in [0.15, 0.2) is 41.3 Å². The Morgan fingerprint density at radius 1 is 0.914 bits per heavy atom. The van der Waals surface area contributed by atoms with Crippen molar-refractivity contribution in [3.8, 4) is 17.2 Å². The third kappa shape index (κ3) is 4.95. The molecular formula is C23H27N5O5S2. The van der Waals surface area contributed by atoms with Gasteiger partial charge in [0.1, 0.15) is 10.8 Å². The summed E-state index contributed by atoms with van der Waals surface area (Å²) in [5.41, 5.74) is 1.61. The van der Waals surface area contributed by atoms with Gasteiger partial charge in [-0.3, -0.25) is 0 Å². The number of ether oxygens (including phenoxy) is 3. The number of sulfonamides is 1. The summed E-state index contributed by atoms with van der Waals surface area (Å²) in [5.74, 6) is 2.13. The van der Waals surface area contributed by atoms with Crippen molar-refractivity contribution in [1.29, 1.82) is 0 Å². The molecule has 10 nitrogen and oxygen atoms in total. The molecule has 0 radical (unpaired) electrons. The van der Waals surface area contributed by atoms with E-state index in [4.69, 9.17) is 19.3 Å². The summed E-state index contributed by atoms with van der Waals surface area (Å²) in [6, 6.07) is 11.0. The second-order valence-corrected chi connectivity index (χ2v) is 11.1. The van der Waals surface area contributed by atoms with Crippen LogP contribution in [-0.2, 0) is 29.3 Å². The lowest BCUT2D eigenvalue weighted by atomic mass is 10.1. The summed E-state index contributed by atoms with van der Waals surface area (Å²) in [5, 5.41) is 14.1. The van der Waals surface area contributed by atoms with Crippen LogP contribution in [-0.4, -0.2) is 68.0 Å². The van der Waals surface area contributed by atoms with Crippen LogP contribution in [0.4, 0.5) is 0 Å². The topological polar surface area (TPSA) is 108 Å². The number of hydrogen-bond acceptors (Lipinski definition) is 9. The van der Waals surface area contributed by atoms with Crippen molar-refractivity contribution in [2.45, 2.75) is 24.2 Å². The van der Waals surface area contributed by atoms with E-state index in [1.165, 1.54) is 45.7 Å². The highest BCUT2D eigenvalue weighted by Gasteiger charge is 2.26. The largest absolute Gasteiger partial charge is 0.496 e. The molecule has 0 bridgehead atoms. The van der Waals surface area contributed by atoms with Crippen LogP contribution < -0.4 is 14.2 Å². The van der Waals surface area contributed by atoms with Gasteiger partial charge in [-0.15, -0.1) is 10.2 Å². The molecule has 0 unspecified atom stereocenters. The van der Waals surface area contributed by atoms with E-state index in [0.29, 0.717) is 34.3 Å². The summed E-state index contributed by atoms with van der Waals surface area (Å²) in [7, 11) is 3.85. The zero-order valence-electron chi connectivity index (χ0n) is 20.2. The number of methoxy groups -OCH3 is 3. The van der Waals surface area contributed by atoms with Gasteiger partial charge in [-0.1, -0.05) is 29.5 Å². The standard InChI is InChI=1S/C23H27N5O5S2/c1-27(2)35(29,30)20-14-19(33-5)18(32-4)12-16(20)13-21-24-25-23-28(21)26-22(34-23)11-10-15-8-6-7-9-17(15)31-3/h6-9,12,14H,10-11,13H2,1-5H3. The molecule has 0 amide bonds. The molecule has 0 atom stereocenters. The fraction of sp³-hybridized carbons (Fsp3) is 0.348. The number of rotatable bonds is 10. The molecule has 0 saturated carbocycles. The summed E-state index contributed by atoms with van der Waals surface area (Å²) in [6.07, 6.45) is 1.68. The maximum atomic E-state index is 13.1. The number of hydrogen-bond donors (Lipinski definition) is 0. The average Bonchev–Trinajstić information content (AvgIpc) is 3.43. The highest BCUT2D eigenvalue weighted by molar-refractivity contribution is 7.89. The Labute approximate surface area is 208 Å². The van der Waals surface area contributed by atoms with Crippen LogP contribution in [0.25, 0.3) is 4.96 Å². The van der Waals surface area contributed by atoms with Gasteiger partial charge in [0.05, 0.1) is 26.2 Å². The van der Waals surface area contributed by atoms with Crippen molar-refractivity contribution in [3.63, 3.8) is 0 Å². The van der Waals surface area contributed by atoms with Crippen molar-refractivity contribution in [1.82, 2.24) is 24.1 Å². The molecule has 0 N–H and O–H groups in total. The van der Waals surface area contributed by atoms with Gasteiger partial charge in [-0.25, -0.2) is 12.7 Å². The lowest BCUT2D eigenvalue weighted by molar-refractivity contribution is 0.353. The van der Waals surface area contributed by atoms with Gasteiger partial charge < -0.3 is 14.2 Å². The van der Waals surface area contributed by atoms with Gasteiger partial charge in [-0.05, 0) is 29.7 Å². The SMILES string of the molecule is COc1ccccc1CCc1nn2c(Cc3cc(OC)c(OC)cc3S(=O)(=O)N(C)C)nnc2s1. The summed E-state index contributed by atoms with van der Waals surface area (Å²) in [4.78, 5) is 0.760. The average molecular weight is 518 g/mol. The van der Waals surface area contributed by atoms with Gasteiger partial charge >= 0.3 is 0 Å². The van der Waals surface area contributed by atoms with Crippen LogP contribution >= 0.6 is 11.3 Å². The van der Waals surface area contributed by atoms with Crippen molar-refractivity contribution in [3.05, 3.63) is 58.4 Å². The Morgan fingerprint density at radius 3 is 2.29 bits per heavy atom. The Bertz CT molecular complexity index is 1450. The predicted molar refractivity (Wildman–Crippen MR) is 132 cm³/mol.